The Balaban J connectivity index is 1.76. The number of hydrogen-bond donors (Lipinski definition) is 3. The van der Waals surface area contributed by atoms with E-state index in [1.165, 1.54) is 89.9 Å². The van der Waals surface area contributed by atoms with Crippen molar-refractivity contribution in [1.82, 2.24) is 0 Å². The highest BCUT2D eigenvalue weighted by atomic mass is 16.5. The molecule has 0 saturated carbocycles. The first-order valence-corrected chi connectivity index (χ1v) is 12.5. The first kappa shape index (κ1) is 26.8. The van der Waals surface area contributed by atoms with Crippen LogP contribution in [0.4, 0.5) is 5.69 Å². The van der Waals surface area contributed by atoms with Crippen molar-refractivity contribution in [3.05, 3.63) is 24.3 Å². The third-order valence-electron chi connectivity index (χ3n) is 5.61. The van der Waals surface area contributed by atoms with Gasteiger partial charge in [-0.2, -0.15) is 0 Å². The molecule has 0 saturated heterocycles. The van der Waals surface area contributed by atoms with Crippen LogP contribution < -0.4 is 5.32 Å². The molecule has 1 aromatic carbocycles. The predicted octanol–water partition coefficient (Wildman–Crippen LogP) is 7.05. The van der Waals surface area contributed by atoms with Crippen LogP contribution in [0, 0.1) is 0 Å². The molecule has 0 radical (unpaired) electrons. The number of unbranched alkanes of at least 4 members (excludes halogenated alkanes) is 14. The van der Waals surface area contributed by atoms with Crippen molar-refractivity contribution in [2.75, 3.05) is 25.1 Å². The minimum absolute atomic E-state index is 0.243. The lowest BCUT2D eigenvalue weighted by Crippen LogP contribution is -2.25. The van der Waals surface area contributed by atoms with Crippen LogP contribution in [-0.2, 0) is 4.74 Å². The van der Waals surface area contributed by atoms with Gasteiger partial charge in [0.25, 0.3) is 0 Å². The van der Waals surface area contributed by atoms with Gasteiger partial charge in [-0.05, 0) is 30.7 Å². The summed E-state index contributed by atoms with van der Waals surface area (Å²) in [7, 11) is 0. The zero-order chi connectivity index (χ0) is 21.7. The van der Waals surface area contributed by atoms with Crippen molar-refractivity contribution in [3.63, 3.8) is 0 Å². The summed E-state index contributed by atoms with van der Waals surface area (Å²) < 4.78 is 5.59. The average Bonchev–Trinajstić information content (AvgIpc) is 2.75. The highest BCUT2D eigenvalue weighted by Crippen LogP contribution is 2.14. The maximum atomic E-state index is 9.95. The Morgan fingerprint density at radius 2 is 1.20 bits per heavy atom. The van der Waals surface area contributed by atoms with Gasteiger partial charge in [-0.15, -0.1) is 0 Å². The van der Waals surface area contributed by atoms with E-state index in [0.29, 0.717) is 13.2 Å². The standard InChI is InChI=1S/C26H47NO3/c1-2-3-4-5-6-7-8-9-10-11-12-13-14-15-16-21-30-23-26(29)22-27-24-17-19-25(28)20-18-24/h17-20,26-29H,2-16,21-23H2,1H3. The number of ether oxygens (including phenoxy) is 1. The van der Waals surface area contributed by atoms with E-state index >= 15 is 0 Å². The van der Waals surface area contributed by atoms with E-state index in [1.807, 2.05) is 0 Å². The molecule has 0 amide bonds. The Hall–Kier alpha value is -1.26. The molecular formula is C26H47NO3. The summed E-state index contributed by atoms with van der Waals surface area (Å²) in [6.07, 6.45) is 20.0. The van der Waals surface area contributed by atoms with E-state index < -0.39 is 6.10 Å². The normalized spacial score (nSPS) is 12.2. The van der Waals surface area contributed by atoms with Gasteiger partial charge in [0.15, 0.2) is 0 Å². The van der Waals surface area contributed by atoms with Gasteiger partial charge in [-0.1, -0.05) is 96.8 Å². The Morgan fingerprint density at radius 1 is 0.733 bits per heavy atom. The van der Waals surface area contributed by atoms with E-state index in [-0.39, 0.29) is 5.75 Å². The van der Waals surface area contributed by atoms with Crippen LogP contribution in [0.25, 0.3) is 0 Å². The van der Waals surface area contributed by atoms with E-state index in [1.54, 1.807) is 24.3 Å². The fourth-order valence-corrected chi connectivity index (χ4v) is 3.67. The van der Waals surface area contributed by atoms with Crippen LogP contribution in [0.1, 0.15) is 103 Å². The van der Waals surface area contributed by atoms with Crippen molar-refractivity contribution >= 4 is 5.69 Å². The quantitative estimate of drug-likeness (QED) is 0.147. The van der Waals surface area contributed by atoms with Crippen molar-refractivity contribution in [3.8, 4) is 5.75 Å². The van der Waals surface area contributed by atoms with Gasteiger partial charge in [-0.3, -0.25) is 0 Å². The second-order valence-electron chi connectivity index (χ2n) is 8.61. The van der Waals surface area contributed by atoms with Crippen molar-refractivity contribution in [2.24, 2.45) is 0 Å². The molecule has 0 fully saturated rings. The molecule has 0 heterocycles. The first-order chi connectivity index (χ1) is 14.7. The second-order valence-corrected chi connectivity index (χ2v) is 8.61. The molecular weight excluding hydrogens is 374 g/mol. The van der Waals surface area contributed by atoms with Crippen molar-refractivity contribution in [1.29, 1.82) is 0 Å². The highest BCUT2D eigenvalue weighted by molar-refractivity contribution is 5.45. The van der Waals surface area contributed by atoms with E-state index in [2.05, 4.69) is 12.2 Å². The number of phenolic OH excluding ortho intramolecular Hbond substituents is 1. The lowest BCUT2D eigenvalue weighted by molar-refractivity contribution is 0.0416. The Labute approximate surface area is 185 Å². The van der Waals surface area contributed by atoms with Crippen LogP contribution in [0.2, 0.25) is 0 Å². The number of aromatic hydroxyl groups is 1. The van der Waals surface area contributed by atoms with Gasteiger partial charge >= 0.3 is 0 Å². The van der Waals surface area contributed by atoms with E-state index in [9.17, 15) is 10.2 Å². The molecule has 30 heavy (non-hydrogen) atoms. The van der Waals surface area contributed by atoms with Gasteiger partial charge < -0.3 is 20.3 Å². The number of aliphatic hydroxyl groups is 1. The summed E-state index contributed by atoms with van der Waals surface area (Å²) in [6, 6.07) is 6.83. The molecule has 0 aromatic heterocycles. The van der Waals surface area contributed by atoms with Crippen molar-refractivity contribution in [2.45, 2.75) is 109 Å². The number of nitrogens with one attached hydrogen (secondary N) is 1. The number of phenols is 1. The summed E-state index contributed by atoms with van der Waals surface area (Å²) in [6.45, 7) is 3.82. The molecule has 4 heteroatoms. The summed E-state index contributed by atoms with van der Waals surface area (Å²) in [5.74, 6) is 0.243. The topological polar surface area (TPSA) is 61.7 Å². The third kappa shape index (κ3) is 16.5. The zero-order valence-electron chi connectivity index (χ0n) is 19.4. The maximum absolute atomic E-state index is 9.95. The molecule has 0 aliphatic carbocycles. The molecule has 0 aliphatic heterocycles. The Kier molecular flexibility index (Phi) is 17.6. The molecule has 1 unspecified atom stereocenters. The molecule has 0 spiro atoms. The number of aliphatic hydroxyl groups excluding tert-OH is 1. The number of rotatable bonds is 21. The van der Waals surface area contributed by atoms with Gasteiger partial charge in [0.1, 0.15) is 5.75 Å². The monoisotopic (exact) mass is 421 g/mol. The molecule has 1 rings (SSSR count). The zero-order valence-corrected chi connectivity index (χ0v) is 19.4. The van der Waals surface area contributed by atoms with E-state index in [0.717, 1.165) is 18.7 Å². The van der Waals surface area contributed by atoms with Crippen LogP contribution in [-0.4, -0.2) is 36.1 Å². The molecule has 174 valence electrons. The molecule has 1 atom stereocenters. The summed E-state index contributed by atoms with van der Waals surface area (Å²) >= 11 is 0. The summed E-state index contributed by atoms with van der Waals surface area (Å²) in [4.78, 5) is 0. The summed E-state index contributed by atoms with van der Waals surface area (Å²) in [5.41, 5.74) is 0.884. The number of anilines is 1. The van der Waals surface area contributed by atoms with E-state index in [4.69, 9.17) is 4.74 Å². The van der Waals surface area contributed by atoms with Crippen LogP contribution >= 0.6 is 0 Å². The SMILES string of the molecule is CCCCCCCCCCCCCCCCCOCC(O)CNc1ccc(O)cc1. The van der Waals surface area contributed by atoms with Gasteiger partial charge in [-0.25, -0.2) is 0 Å². The first-order valence-electron chi connectivity index (χ1n) is 12.5. The van der Waals surface area contributed by atoms with Crippen LogP contribution in [0.15, 0.2) is 24.3 Å². The minimum atomic E-state index is -0.518. The largest absolute Gasteiger partial charge is 0.508 e. The lowest BCUT2D eigenvalue weighted by atomic mass is 10.0. The van der Waals surface area contributed by atoms with Gasteiger partial charge in [0, 0.05) is 18.8 Å². The fraction of sp³-hybridized carbons (Fsp3) is 0.769. The minimum Gasteiger partial charge on any atom is -0.508 e. The lowest BCUT2D eigenvalue weighted by Gasteiger charge is -2.13. The molecule has 3 N–H and O–H groups in total. The Morgan fingerprint density at radius 3 is 1.70 bits per heavy atom. The Bertz CT molecular complexity index is 478. The van der Waals surface area contributed by atoms with Gasteiger partial charge in [0.2, 0.25) is 0 Å². The third-order valence-corrected chi connectivity index (χ3v) is 5.61. The molecule has 1 aromatic rings. The average molecular weight is 422 g/mol. The predicted molar refractivity (Wildman–Crippen MR) is 128 cm³/mol. The molecule has 4 nitrogen and oxygen atoms in total. The smallest absolute Gasteiger partial charge is 0.115 e. The number of benzene rings is 1. The second kappa shape index (κ2) is 19.7. The fourth-order valence-electron chi connectivity index (χ4n) is 3.67. The van der Waals surface area contributed by atoms with Crippen LogP contribution in [0.5, 0.6) is 5.75 Å². The molecule has 0 bridgehead atoms. The maximum Gasteiger partial charge on any atom is 0.115 e. The molecule has 0 aliphatic rings. The number of hydrogen-bond acceptors (Lipinski definition) is 4. The van der Waals surface area contributed by atoms with Crippen LogP contribution in [0.3, 0.4) is 0 Å². The van der Waals surface area contributed by atoms with Crippen molar-refractivity contribution < 1.29 is 14.9 Å². The van der Waals surface area contributed by atoms with Gasteiger partial charge in [0.05, 0.1) is 12.7 Å². The summed E-state index contributed by atoms with van der Waals surface area (Å²) in [5, 5.41) is 22.3. The highest BCUT2D eigenvalue weighted by Gasteiger charge is 2.04.